The van der Waals surface area contributed by atoms with Crippen LogP contribution in [0, 0.1) is 36.5 Å². The maximum atomic E-state index is 12.1. The highest BCUT2D eigenvalue weighted by Gasteiger charge is 2.26. The van der Waals surface area contributed by atoms with Gasteiger partial charge in [0.1, 0.15) is 16.3 Å². The Hall–Kier alpha value is -10.8. The van der Waals surface area contributed by atoms with Crippen LogP contribution in [-0.4, -0.2) is 97.1 Å². The molecule has 624 valence electrons. The molecule has 0 fully saturated rings. The van der Waals surface area contributed by atoms with Crippen LogP contribution < -0.4 is 45.0 Å². The normalized spacial score (nSPS) is 10.1. The Morgan fingerprint density at radius 3 is 1.23 bits per heavy atom. The first-order valence-electron chi connectivity index (χ1n) is 32.1. The van der Waals surface area contributed by atoms with Crippen molar-refractivity contribution in [1.82, 2.24) is 27.8 Å². The van der Waals surface area contributed by atoms with E-state index in [1.165, 1.54) is 45.4 Å². The van der Waals surface area contributed by atoms with Gasteiger partial charge < -0.3 is 56.4 Å². The summed E-state index contributed by atoms with van der Waals surface area (Å²) in [6, 6.07) is 42.5. The molecule has 0 saturated heterocycles. The summed E-state index contributed by atoms with van der Waals surface area (Å²) in [6.45, 7) is 6.63. The predicted octanol–water partition coefficient (Wildman–Crippen LogP) is 15.5. The number of benzene rings is 6. The molecular formula is C70H65Cl8IN10O26P2. The number of carbonyl (C=O) groups excluding carboxylic acids is 3. The molecule has 6 heterocycles. The number of carbonyl (C=O) groups is 3. The van der Waals surface area contributed by atoms with E-state index in [0.29, 0.717) is 60.0 Å². The van der Waals surface area contributed by atoms with Crippen molar-refractivity contribution in [3.63, 3.8) is 0 Å². The Balaban J connectivity index is 0.000000453. The highest BCUT2D eigenvalue weighted by Crippen LogP contribution is 2.62. The molecule has 12 rings (SSSR count). The third kappa shape index (κ3) is 30.4. The topological polar surface area (TPSA) is 506 Å². The number of para-hydroxylation sites is 6. The lowest BCUT2D eigenvalue weighted by Crippen LogP contribution is -2.26. The van der Waals surface area contributed by atoms with Gasteiger partial charge in [-0.3, -0.25) is 58.1 Å². The van der Waals surface area contributed by atoms with Crippen molar-refractivity contribution in [2.45, 2.75) is 27.7 Å². The first-order valence-corrected chi connectivity index (χ1v) is 43.8. The van der Waals surface area contributed by atoms with Gasteiger partial charge in [0, 0.05) is 63.7 Å². The van der Waals surface area contributed by atoms with Gasteiger partial charge in [-0.1, -0.05) is 131 Å². The number of hydrogen-bond acceptors (Lipinski definition) is 28. The molecule has 0 radical (unpaired) electrons. The minimum atomic E-state index is -3.22. The van der Waals surface area contributed by atoms with Crippen molar-refractivity contribution in [2.75, 3.05) is 31.4 Å². The summed E-state index contributed by atoms with van der Waals surface area (Å²) in [6.07, 6.45) is 0. The zero-order chi connectivity index (χ0) is 89.1. The van der Waals surface area contributed by atoms with Gasteiger partial charge in [-0.05, 0) is 154 Å². The summed E-state index contributed by atoms with van der Waals surface area (Å²) in [4.78, 5) is 162. The van der Waals surface area contributed by atoms with Crippen molar-refractivity contribution in [3.05, 3.63) is 275 Å². The molecule has 0 aliphatic carbocycles. The van der Waals surface area contributed by atoms with E-state index >= 15 is 0 Å². The van der Waals surface area contributed by atoms with Crippen molar-refractivity contribution in [1.29, 1.82) is 5.26 Å². The van der Waals surface area contributed by atoms with Crippen LogP contribution in [0.25, 0.3) is 65.4 Å². The molecule has 0 saturated carbocycles. The first-order chi connectivity index (χ1) is 54.9. The second-order valence-electron chi connectivity index (χ2n) is 21.5. The number of aromatic amines is 1. The summed E-state index contributed by atoms with van der Waals surface area (Å²) in [7, 11) is 7.62. The Morgan fingerprint density at radius 1 is 0.504 bits per heavy atom. The Morgan fingerprint density at radius 2 is 0.821 bits per heavy atom. The fraction of sp³-hybridized carbons (Fsp3) is 0.200. The first kappa shape index (κ1) is 102. The number of halogens is 9. The molecule has 47 heteroatoms. The number of H-pyrrole nitrogens is 1. The van der Waals surface area contributed by atoms with E-state index < -0.39 is 107 Å². The molecular weight excluding hydrogens is 1870 g/mol. The van der Waals surface area contributed by atoms with Gasteiger partial charge in [-0.15, -0.1) is 4.91 Å². The Labute approximate surface area is 710 Å². The molecule has 3 N–H and O–H groups in total. The van der Waals surface area contributed by atoms with Gasteiger partial charge in [0.25, 0.3) is 11.1 Å². The van der Waals surface area contributed by atoms with Gasteiger partial charge >= 0.3 is 73.6 Å². The number of ether oxygens (including phenoxy) is 3. The summed E-state index contributed by atoms with van der Waals surface area (Å²) in [5.41, 5.74) is -2.17. The van der Waals surface area contributed by atoms with Crippen LogP contribution in [0.15, 0.2) is 198 Å². The number of hydrogen-bond donors (Lipinski definition) is 3. The van der Waals surface area contributed by atoms with Crippen molar-refractivity contribution in [2.24, 2.45) is 40.6 Å². The number of aryl methyl sites for hydroxylation is 5. The third-order valence-electron chi connectivity index (χ3n) is 14.4. The summed E-state index contributed by atoms with van der Waals surface area (Å²) >= 11 is 41.8. The summed E-state index contributed by atoms with van der Waals surface area (Å²) in [5, 5.41) is 46.7. The van der Waals surface area contributed by atoms with E-state index in [9.17, 15) is 97.2 Å². The monoisotopic (exact) mass is 1930 g/mol. The van der Waals surface area contributed by atoms with Crippen LogP contribution >= 0.6 is 124 Å². The van der Waals surface area contributed by atoms with E-state index in [1.807, 2.05) is 16.3 Å². The molecule has 0 bridgehead atoms. The van der Waals surface area contributed by atoms with Gasteiger partial charge in [0.05, 0.1) is 84.6 Å². The number of aromatic nitrogens is 6. The van der Waals surface area contributed by atoms with Gasteiger partial charge in [-0.25, -0.2) is 33.6 Å². The van der Waals surface area contributed by atoms with Crippen molar-refractivity contribution < 1.29 is 71.5 Å². The molecule has 0 amide bonds. The molecule has 0 aliphatic rings. The van der Waals surface area contributed by atoms with Crippen LogP contribution in [-0.2, 0) is 68.2 Å². The lowest BCUT2D eigenvalue weighted by molar-refractivity contribution is -0.387. The summed E-state index contributed by atoms with van der Waals surface area (Å²) in [5.74, 6) is -4.34. The molecule has 0 unspecified atom stereocenters. The second kappa shape index (κ2) is 49.3. The SMILES string of the molecule is CC#N.CCOC(=O)CON=O.CCOC(=O)c1c(Cl)c2ccccc2n(C)c1=O.CCOC(=O)c1c(O)c2ccccc2n(C)c1=O.CI.Cn1c(=O)c([N+](=O)[O-])c(Cl)c2ccccc21.Cn1c(=O)c([N+](=O)[O-])c(O)c2ccccc21.Cn1c(=O)oc(=O)c2ccccc21.O=P(Cl)(Cl)Cl.O=P(Cl)(Cl)Cl.O=c1[nH]c2ccccc2c(=O)o1. The molecule has 0 aliphatic heterocycles. The van der Waals surface area contributed by atoms with Gasteiger partial charge in [0.15, 0.2) is 10.9 Å². The van der Waals surface area contributed by atoms with Crippen LogP contribution in [0.2, 0.25) is 10.0 Å². The number of pyridine rings is 4. The number of rotatable bonds is 10. The molecule has 6 aromatic carbocycles. The molecule has 12 aromatic rings. The number of nitrogens with zero attached hydrogens (tertiary/aromatic N) is 9. The summed E-state index contributed by atoms with van der Waals surface area (Å²) < 4.78 is 48.2. The smallest absolute Gasteiger partial charge is 0.422 e. The van der Waals surface area contributed by atoms with Crippen LogP contribution in [0.4, 0.5) is 11.4 Å². The van der Waals surface area contributed by atoms with Crippen molar-refractivity contribution in [3.8, 4) is 17.6 Å². The quantitative estimate of drug-likeness (QED) is 0.0167. The van der Waals surface area contributed by atoms with E-state index in [4.69, 9.17) is 37.9 Å². The molecule has 0 spiro atoms. The number of nitro groups is 2. The van der Waals surface area contributed by atoms with E-state index in [0.717, 1.165) is 4.57 Å². The Kier molecular flexibility index (Phi) is 43.2. The minimum absolute atomic E-state index is 0.108. The highest BCUT2D eigenvalue weighted by atomic mass is 127. The number of aromatic hydroxyl groups is 2. The largest absolute Gasteiger partial charge is 0.506 e. The number of nitrogens with one attached hydrogen (secondary N) is 1. The Bertz CT molecular complexity index is 6010. The van der Waals surface area contributed by atoms with Crippen LogP contribution in [0.5, 0.6) is 11.5 Å². The number of fused-ring (bicyclic) bond motifs is 6. The van der Waals surface area contributed by atoms with E-state index in [-0.39, 0.29) is 52.1 Å². The lowest BCUT2D eigenvalue weighted by Gasteiger charge is -2.10. The number of esters is 3. The van der Waals surface area contributed by atoms with Crippen LogP contribution in [0.3, 0.4) is 0 Å². The fourth-order valence-electron chi connectivity index (χ4n) is 9.50. The minimum Gasteiger partial charge on any atom is -0.506 e. The standard InChI is InChI=1S/C13H12ClNO3.C13H13NO4.C10H7ClN2O3.C10H8N2O4.C9H7NO3.C8H5NO3.C4H7NO4.C2H3N.CH3I.2Cl3OP/c1-3-18-13(17)10-11(14)8-6-4-5-7-9(8)15(2)12(10)16;1-3-18-13(17)10-11(15)8-6-4-5-7-9(8)14(2)12(10)16;1-12-7-5-3-2-4-6(7)8(11)9(10(12)14)13(15)16;1-11-7-5-3-2-4-6(7)9(13)8(10(11)14)12(15)16;1-10-7-5-3-2-4-6(7)8(11)13-9(10)12;10-7-5-3-1-2-4-6(5)9-8(11)12-7;1-2-8-4(6)3-9-5-7;1-2-3;1-2;2*1-5(2,3)4/h4-7H,3H2,1-2H3;4-7,15H,3H2,1-2H3;2-5H,1H3;2-5,13H,1H3;2-5H,1H3;1-4H,(H,9,11);2-3H2,1H3;1H3;1H3;;. The molecule has 117 heavy (non-hydrogen) atoms. The maximum Gasteiger partial charge on any atom is 0.422 e. The molecule has 36 nitrogen and oxygen atoms in total. The van der Waals surface area contributed by atoms with Crippen LogP contribution in [0.1, 0.15) is 48.4 Å². The fourth-order valence-corrected chi connectivity index (χ4v) is 10.1. The highest BCUT2D eigenvalue weighted by molar-refractivity contribution is 14.1. The maximum absolute atomic E-state index is 12.1. The van der Waals surface area contributed by atoms with E-state index in [2.05, 4.69) is 113 Å². The zero-order valence-corrected chi connectivity index (χ0v) is 72.2. The molecule has 6 aromatic heterocycles. The van der Waals surface area contributed by atoms with Gasteiger partial charge in [-0.2, -0.15) is 5.26 Å². The zero-order valence-electron chi connectivity index (χ0n) is 62.2. The number of nitriles is 1. The third-order valence-corrected chi connectivity index (χ3v) is 15.1. The average Bonchev–Trinajstić information content (AvgIpc) is 0.786. The van der Waals surface area contributed by atoms with Crippen molar-refractivity contribution >= 4 is 218 Å². The predicted molar refractivity (Wildman–Crippen MR) is 456 cm³/mol. The average molecular weight is 1930 g/mol. The second-order valence-corrected chi connectivity index (χ2v) is 35.5. The molecule has 0 atom stereocenters. The van der Waals surface area contributed by atoms with Gasteiger partial charge in [0.2, 0.25) is 12.4 Å². The van der Waals surface area contributed by atoms with E-state index in [1.54, 1.807) is 181 Å². The number of alkyl halides is 1. The lowest BCUT2D eigenvalue weighted by atomic mass is 10.1.